The molecule has 0 aromatic rings. The summed E-state index contributed by atoms with van der Waals surface area (Å²) in [6.45, 7) is 7.01. The number of rotatable bonds is 3. The van der Waals surface area contributed by atoms with Crippen LogP contribution in [-0.4, -0.2) is 31.9 Å². The van der Waals surface area contributed by atoms with Crippen LogP contribution in [0.1, 0.15) is 20.3 Å². The van der Waals surface area contributed by atoms with Gasteiger partial charge in [0.2, 0.25) is 5.78 Å². The van der Waals surface area contributed by atoms with Gasteiger partial charge in [0.25, 0.3) is 0 Å². The van der Waals surface area contributed by atoms with E-state index in [1.165, 1.54) is 0 Å². The summed E-state index contributed by atoms with van der Waals surface area (Å²) in [5, 5.41) is 7.90. The average Bonchev–Trinajstić information content (AvgIpc) is 2.05. The fraction of sp³-hybridized carbons (Fsp3) is 0.333. The Morgan fingerprint density at radius 3 is 1.79 bits per heavy atom. The van der Waals surface area contributed by atoms with E-state index in [2.05, 4.69) is 30.0 Å². The van der Waals surface area contributed by atoms with Crippen LogP contribution in [-0.2, 0) is 30.6 Å². The molecule has 5 heteroatoms. The molecule has 1 N–H and O–H groups in total. The van der Waals surface area contributed by atoms with Crippen molar-refractivity contribution in [3.05, 3.63) is 6.92 Å². The topological polar surface area (TPSA) is 71.4 Å². The van der Waals surface area contributed by atoms with E-state index in [9.17, 15) is 14.4 Å². The van der Waals surface area contributed by atoms with E-state index in [0.29, 0.717) is 16.2 Å². The van der Waals surface area contributed by atoms with Gasteiger partial charge >= 0.3 is 45.3 Å². The normalized spacial score (nSPS) is 7.86. The van der Waals surface area contributed by atoms with Crippen LogP contribution in [0.15, 0.2) is 0 Å². The molecule has 0 unspecified atom stereocenters. The van der Waals surface area contributed by atoms with Crippen LogP contribution in [0, 0.1) is 6.92 Å². The second-order valence-electron chi connectivity index (χ2n) is 1.94. The van der Waals surface area contributed by atoms with Gasteiger partial charge in [-0.25, -0.2) is 4.79 Å². The standard InChI is InChI=1S/C5H5O4.2C2H4.Rh/c1-3(6)2-4(7)5(8)9;2*1-2;/h1-2H2,(H,8,9);2*1H,2H3;/q-1;;;. The predicted octanol–water partition coefficient (Wildman–Crippen LogP) is 0.146. The minimum absolute atomic E-state index is 0.616. The fourth-order valence-electron chi connectivity index (χ4n) is 0.366. The van der Waals surface area contributed by atoms with Gasteiger partial charge in [-0.15, -0.1) is 0 Å². The van der Waals surface area contributed by atoms with Gasteiger partial charge in [0.05, 0.1) is 0 Å². The van der Waals surface area contributed by atoms with Gasteiger partial charge in [-0.2, -0.15) is 0 Å². The Hall–Kier alpha value is -0.957. The summed E-state index contributed by atoms with van der Waals surface area (Å²) in [6, 6.07) is 0. The molecule has 83 valence electrons. The van der Waals surface area contributed by atoms with Gasteiger partial charge in [0.1, 0.15) is 0 Å². The summed E-state index contributed by atoms with van der Waals surface area (Å²) in [4.78, 5) is 29.8. The maximum Gasteiger partial charge on any atom is 0.372 e. The van der Waals surface area contributed by atoms with E-state index < -0.39 is 24.0 Å². The Labute approximate surface area is 89.9 Å². The molecule has 0 aliphatic rings. The molecule has 14 heavy (non-hydrogen) atoms. The molecule has 0 aliphatic carbocycles. The number of hydrogen-bond donors (Lipinski definition) is 1. The molecule has 0 aromatic carbocycles. The molecule has 0 heterocycles. The van der Waals surface area contributed by atoms with E-state index in [-0.39, 0.29) is 0 Å². The summed E-state index contributed by atoms with van der Waals surface area (Å²) in [5.74, 6) is -3.38. The number of carboxylic acids is 1. The second kappa shape index (κ2) is 10.1. The van der Waals surface area contributed by atoms with Crippen molar-refractivity contribution in [3.63, 3.8) is 0 Å². The number of hydrogen-bond acceptors (Lipinski definition) is 3. The predicted molar refractivity (Wildman–Crippen MR) is 51.1 cm³/mol. The summed E-state index contributed by atoms with van der Waals surface area (Å²) in [6.07, 6.45) is -0.616. The molecule has 0 saturated heterocycles. The molecule has 0 saturated carbocycles. The maximum absolute atomic E-state index is 10.1. The number of aliphatic carboxylic acids is 1. The van der Waals surface area contributed by atoms with E-state index in [1.54, 1.807) is 0 Å². The quantitative estimate of drug-likeness (QED) is 0.347. The minimum atomic E-state index is -1.59. The van der Waals surface area contributed by atoms with Crippen LogP contribution >= 0.6 is 0 Å². The van der Waals surface area contributed by atoms with Crippen LogP contribution in [0.3, 0.4) is 0 Å². The van der Waals surface area contributed by atoms with Crippen LogP contribution in [0.4, 0.5) is 0 Å². The first-order valence-electron chi connectivity index (χ1n) is 3.69. The van der Waals surface area contributed by atoms with Crippen molar-refractivity contribution >= 4 is 26.8 Å². The molecule has 0 aromatic heterocycles. The molecule has 0 atom stereocenters. The smallest absolute Gasteiger partial charge is 0.372 e. The number of Topliss-reactive ketones (excluding diaryl/α,β-unsaturated/α-hetero) is 2. The van der Waals surface area contributed by atoms with E-state index >= 15 is 0 Å². The zero-order valence-electron chi connectivity index (χ0n) is 8.07. The summed E-state index contributed by atoms with van der Waals surface area (Å²) >= 11 is 0.657. The second-order valence-corrected chi connectivity index (χ2v) is 4.38. The first kappa shape index (κ1) is 15.5. The van der Waals surface area contributed by atoms with Crippen LogP contribution in [0.25, 0.3) is 0 Å². The Balaban J connectivity index is 0. The summed E-state index contributed by atoms with van der Waals surface area (Å²) in [5.41, 5.74) is 0. The number of carbonyl (C=O) groups excluding carboxylic acids is 2. The fourth-order valence-corrected chi connectivity index (χ4v) is 0.912. The van der Waals surface area contributed by atoms with Gasteiger partial charge in [-0.05, 0) is 0 Å². The molecule has 0 bridgehead atoms. The molecular formula is C9H13O4Rh-. The van der Waals surface area contributed by atoms with Crippen molar-refractivity contribution in [2.75, 3.05) is 0 Å². The van der Waals surface area contributed by atoms with Crippen LogP contribution < -0.4 is 0 Å². The number of carbonyl (C=O) groups is 3. The zero-order chi connectivity index (χ0) is 11.6. The first-order chi connectivity index (χ1) is 6.45. The summed E-state index contributed by atoms with van der Waals surface area (Å²) < 4.78 is 4.39. The average molecular weight is 288 g/mol. The van der Waals surface area contributed by atoms with Gasteiger partial charge in [-0.1, -0.05) is 0 Å². The molecule has 0 spiro atoms. The van der Waals surface area contributed by atoms with Crippen molar-refractivity contribution in [1.29, 1.82) is 0 Å². The van der Waals surface area contributed by atoms with E-state index in [0.717, 1.165) is 0 Å². The van der Waals surface area contributed by atoms with Crippen molar-refractivity contribution in [2.24, 2.45) is 0 Å². The maximum atomic E-state index is 10.1. The number of ketones is 2. The molecule has 0 fully saturated rings. The third-order valence-corrected chi connectivity index (χ3v) is 1.91. The van der Waals surface area contributed by atoms with E-state index in [4.69, 9.17) is 5.11 Å². The van der Waals surface area contributed by atoms with Crippen molar-refractivity contribution in [3.8, 4) is 0 Å². The van der Waals surface area contributed by atoms with Crippen molar-refractivity contribution in [2.45, 2.75) is 20.3 Å². The monoisotopic (exact) mass is 288 g/mol. The molecule has 0 aliphatic heterocycles. The van der Waals surface area contributed by atoms with Crippen molar-refractivity contribution in [1.82, 2.24) is 0 Å². The third-order valence-electron chi connectivity index (χ3n) is 0.818. The number of carboxylic acid groups (broad SMARTS) is 1. The van der Waals surface area contributed by atoms with Gasteiger partial charge in [0.15, 0.2) is 0 Å². The van der Waals surface area contributed by atoms with Crippen LogP contribution in [0.5, 0.6) is 0 Å². The molecule has 0 amide bonds. The Bertz CT molecular complexity index is 269. The van der Waals surface area contributed by atoms with Crippen LogP contribution in [0.2, 0.25) is 0 Å². The minimum Gasteiger partial charge on any atom is -0.475 e. The Morgan fingerprint density at radius 2 is 1.71 bits per heavy atom. The molecular weight excluding hydrogens is 275 g/mol. The molecule has 4 nitrogen and oxygen atoms in total. The Kier molecular flexibility index (Phi) is 11.2. The van der Waals surface area contributed by atoms with Gasteiger partial charge < -0.3 is 16.8 Å². The SMILES string of the molecule is C[CH]=[Rh]=[CH]C.[CH2-]C(=O)CC(=O)C(=O)O. The summed E-state index contributed by atoms with van der Waals surface area (Å²) in [7, 11) is 0. The van der Waals surface area contributed by atoms with E-state index in [1.807, 2.05) is 0 Å². The molecule has 0 radical (unpaired) electrons. The van der Waals surface area contributed by atoms with Gasteiger partial charge in [-0.3, -0.25) is 4.79 Å². The van der Waals surface area contributed by atoms with Crippen molar-refractivity contribution < 1.29 is 35.7 Å². The Morgan fingerprint density at radius 1 is 1.29 bits per heavy atom. The largest absolute Gasteiger partial charge is 0.475 e. The first-order valence-corrected chi connectivity index (χ1v) is 5.58. The zero-order valence-corrected chi connectivity index (χ0v) is 9.71. The van der Waals surface area contributed by atoms with Gasteiger partial charge in [0, 0.05) is 12.2 Å². The third kappa shape index (κ3) is 13.6. The molecule has 0 rings (SSSR count).